The summed E-state index contributed by atoms with van der Waals surface area (Å²) in [7, 11) is 0. The highest BCUT2D eigenvalue weighted by molar-refractivity contribution is 5.66. The molecule has 3 aliphatic rings. The van der Waals surface area contributed by atoms with Gasteiger partial charge in [-0.3, -0.25) is 0 Å². The number of aromatic nitrogens is 1. The molecule has 0 spiro atoms. The van der Waals surface area contributed by atoms with Crippen LogP contribution in [0.2, 0.25) is 0 Å². The molecule has 126 valence electrons. The van der Waals surface area contributed by atoms with Crippen LogP contribution in [0, 0.1) is 10.8 Å². The molecule has 0 atom stereocenters. The first-order valence-corrected chi connectivity index (χ1v) is 8.29. The smallest absolute Gasteiger partial charge is 0.231 e. The predicted octanol–water partition coefficient (Wildman–Crippen LogP) is 5.44. The number of H-pyrrole nitrogens is 1. The fourth-order valence-electron chi connectivity index (χ4n) is 2.54. The van der Waals surface area contributed by atoms with E-state index in [0.717, 1.165) is 11.5 Å². The summed E-state index contributed by atoms with van der Waals surface area (Å²) in [5, 5.41) is 0. The van der Waals surface area contributed by atoms with Crippen molar-refractivity contribution >= 4 is 12.2 Å². The van der Waals surface area contributed by atoms with Crippen LogP contribution in [0.25, 0.3) is 12.2 Å². The lowest BCUT2D eigenvalue weighted by Crippen LogP contribution is -2.01. The van der Waals surface area contributed by atoms with Crippen molar-refractivity contribution in [3.8, 4) is 0 Å². The number of aromatic amines is 1. The van der Waals surface area contributed by atoms with E-state index in [0.29, 0.717) is 6.79 Å². The highest BCUT2D eigenvalue weighted by Gasteiger charge is 2.19. The van der Waals surface area contributed by atoms with Crippen molar-refractivity contribution in [2.45, 2.75) is 27.7 Å². The molecule has 3 heteroatoms. The van der Waals surface area contributed by atoms with Crippen LogP contribution in [-0.2, 0) is 9.47 Å². The molecule has 1 aromatic heterocycles. The summed E-state index contributed by atoms with van der Waals surface area (Å²) in [6.07, 6.45) is 18.9. The molecule has 0 aromatic carbocycles. The molecule has 24 heavy (non-hydrogen) atoms. The summed E-state index contributed by atoms with van der Waals surface area (Å²) in [5.41, 5.74) is 2.75. The van der Waals surface area contributed by atoms with Crippen LogP contribution in [0.4, 0.5) is 0 Å². The van der Waals surface area contributed by atoms with E-state index in [1.54, 1.807) is 0 Å². The van der Waals surface area contributed by atoms with Crippen LogP contribution < -0.4 is 0 Å². The van der Waals surface area contributed by atoms with Crippen LogP contribution in [0.3, 0.4) is 0 Å². The Balaban J connectivity index is 0.000000141. The van der Waals surface area contributed by atoms with Gasteiger partial charge in [0, 0.05) is 22.7 Å². The van der Waals surface area contributed by atoms with Gasteiger partial charge in [0.1, 0.15) is 0 Å². The monoisotopic (exact) mass is 323 g/mol. The molecular formula is C21H25NO2. The minimum absolute atomic E-state index is 0.0943. The molecule has 0 amide bonds. The molecule has 0 unspecified atom stereocenters. The van der Waals surface area contributed by atoms with Crippen molar-refractivity contribution in [1.82, 2.24) is 4.98 Å². The molecular weight excluding hydrogens is 298 g/mol. The number of allylic oxidation sites excluding steroid dienone is 6. The summed E-state index contributed by atoms with van der Waals surface area (Å²) in [5.74, 6) is 1.69. The average molecular weight is 323 g/mol. The second-order valence-corrected chi connectivity index (χ2v) is 7.46. The Bertz CT molecular complexity index is 698. The van der Waals surface area contributed by atoms with Gasteiger partial charge in [-0.05, 0) is 29.9 Å². The maximum atomic E-state index is 5.25. The summed E-state index contributed by atoms with van der Waals surface area (Å²) in [4.78, 5) is 3.20. The third-order valence-corrected chi connectivity index (χ3v) is 4.18. The topological polar surface area (TPSA) is 34.2 Å². The first-order valence-electron chi connectivity index (χ1n) is 8.29. The SMILES string of the molecule is CC1(C)C=CC2=C(C=C1)OCO2.CC1(C)C=Cc2cc[nH]c2C=C1. The number of rotatable bonds is 0. The molecule has 1 aromatic rings. The van der Waals surface area contributed by atoms with Gasteiger partial charge in [-0.1, -0.05) is 58.1 Å². The van der Waals surface area contributed by atoms with E-state index >= 15 is 0 Å². The fourth-order valence-corrected chi connectivity index (χ4v) is 2.54. The molecule has 3 nitrogen and oxygen atoms in total. The Morgan fingerprint density at radius 2 is 1.33 bits per heavy atom. The number of fused-ring (bicyclic) bond motifs is 1. The maximum absolute atomic E-state index is 5.25. The molecule has 2 heterocycles. The summed E-state index contributed by atoms with van der Waals surface area (Å²) in [6, 6.07) is 2.09. The molecule has 0 saturated carbocycles. The Hall–Kier alpha value is -2.42. The summed E-state index contributed by atoms with van der Waals surface area (Å²) >= 11 is 0. The van der Waals surface area contributed by atoms with E-state index in [2.05, 4.69) is 75.2 Å². The van der Waals surface area contributed by atoms with Crippen molar-refractivity contribution in [1.29, 1.82) is 0 Å². The van der Waals surface area contributed by atoms with Crippen molar-refractivity contribution in [2.75, 3.05) is 6.79 Å². The van der Waals surface area contributed by atoms with E-state index in [1.165, 1.54) is 11.3 Å². The largest absolute Gasteiger partial charge is 0.454 e. The third kappa shape index (κ3) is 3.91. The minimum Gasteiger partial charge on any atom is -0.454 e. The van der Waals surface area contributed by atoms with Gasteiger partial charge in [0.25, 0.3) is 0 Å². The molecule has 4 rings (SSSR count). The first-order chi connectivity index (χ1) is 11.3. The highest BCUT2D eigenvalue weighted by Crippen LogP contribution is 2.29. The van der Waals surface area contributed by atoms with Crippen molar-refractivity contribution in [3.63, 3.8) is 0 Å². The summed E-state index contributed by atoms with van der Waals surface area (Å²) in [6.45, 7) is 9.03. The van der Waals surface area contributed by atoms with Gasteiger partial charge in [-0.15, -0.1) is 0 Å². The van der Waals surface area contributed by atoms with Crippen molar-refractivity contribution in [3.05, 3.63) is 71.5 Å². The average Bonchev–Trinajstić information content (AvgIpc) is 3.11. The maximum Gasteiger partial charge on any atom is 0.231 e. The van der Waals surface area contributed by atoms with Crippen LogP contribution in [0.5, 0.6) is 0 Å². The van der Waals surface area contributed by atoms with Crippen LogP contribution in [0.15, 0.2) is 60.2 Å². The van der Waals surface area contributed by atoms with Gasteiger partial charge < -0.3 is 14.5 Å². The van der Waals surface area contributed by atoms with Gasteiger partial charge in [-0.2, -0.15) is 0 Å². The molecule has 1 N–H and O–H groups in total. The second kappa shape index (κ2) is 6.23. The van der Waals surface area contributed by atoms with E-state index in [-0.39, 0.29) is 10.8 Å². The summed E-state index contributed by atoms with van der Waals surface area (Å²) < 4.78 is 10.5. The van der Waals surface area contributed by atoms with Crippen molar-refractivity contribution in [2.24, 2.45) is 10.8 Å². The van der Waals surface area contributed by atoms with Crippen molar-refractivity contribution < 1.29 is 9.47 Å². The van der Waals surface area contributed by atoms with Gasteiger partial charge in [0.2, 0.25) is 6.79 Å². The molecule has 0 saturated heterocycles. The normalized spacial score (nSPS) is 21.7. The molecule has 2 aliphatic carbocycles. The second-order valence-electron chi connectivity index (χ2n) is 7.46. The minimum atomic E-state index is 0.0943. The molecule has 1 aliphatic heterocycles. The van der Waals surface area contributed by atoms with Gasteiger partial charge >= 0.3 is 0 Å². The van der Waals surface area contributed by atoms with Gasteiger partial charge in [0.05, 0.1) is 0 Å². The molecule has 0 radical (unpaired) electrons. The number of hydrogen-bond donors (Lipinski definition) is 1. The van der Waals surface area contributed by atoms with Crippen LogP contribution >= 0.6 is 0 Å². The lowest BCUT2D eigenvalue weighted by molar-refractivity contribution is 0.0774. The zero-order valence-corrected chi connectivity index (χ0v) is 14.8. The molecule has 0 bridgehead atoms. The van der Waals surface area contributed by atoms with Crippen LogP contribution in [-0.4, -0.2) is 11.8 Å². The van der Waals surface area contributed by atoms with Crippen LogP contribution in [0.1, 0.15) is 39.0 Å². The lowest BCUT2D eigenvalue weighted by atomic mass is 9.93. The Kier molecular flexibility index (Phi) is 4.27. The fraction of sp³-hybridized carbons (Fsp3) is 0.333. The third-order valence-electron chi connectivity index (χ3n) is 4.18. The lowest BCUT2D eigenvalue weighted by Gasteiger charge is -2.12. The quantitative estimate of drug-likeness (QED) is 0.690. The zero-order valence-electron chi connectivity index (χ0n) is 14.8. The number of ether oxygens (including phenoxy) is 2. The number of nitrogens with one attached hydrogen (secondary N) is 1. The van der Waals surface area contributed by atoms with E-state index < -0.39 is 0 Å². The van der Waals surface area contributed by atoms with Gasteiger partial charge in [0.15, 0.2) is 11.5 Å². The Morgan fingerprint density at radius 3 is 1.96 bits per heavy atom. The molecule has 0 fully saturated rings. The number of hydrogen-bond acceptors (Lipinski definition) is 2. The highest BCUT2D eigenvalue weighted by atomic mass is 16.7. The first kappa shape index (κ1) is 16.4. The van der Waals surface area contributed by atoms with E-state index in [4.69, 9.17) is 9.47 Å². The standard InChI is InChI=1S/C11H13N.C10H12O2/c1-11(2)6-3-9-5-8-12-10(9)4-7-11;1-10(2)5-3-8-9(4-6-10)12-7-11-8/h3-8,12H,1-2H3;3-6H,7H2,1-2H3. The Labute approximate surface area is 144 Å². The predicted molar refractivity (Wildman–Crippen MR) is 98.8 cm³/mol. The zero-order chi connectivity index (χ0) is 17.2. The van der Waals surface area contributed by atoms with E-state index in [1.807, 2.05) is 18.3 Å². The van der Waals surface area contributed by atoms with Gasteiger partial charge in [-0.25, -0.2) is 0 Å². The van der Waals surface area contributed by atoms with E-state index in [9.17, 15) is 0 Å². The Morgan fingerprint density at radius 1 is 0.792 bits per heavy atom.